The van der Waals surface area contributed by atoms with Crippen molar-refractivity contribution in [2.45, 2.75) is 137 Å². The number of carbonyl (C=O) groups is 1. The Morgan fingerprint density at radius 2 is 1.63 bits per heavy atom. The third-order valence-electron chi connectivity index (χ3n) is 14.1. The smallest absolute Gasteiger partial charge is 0.313 e. The van der Waals surface area contributed by atoms with E-state index >= 15 is 0 Å². The fraction of sp³-hybridized carbons (Fsp3) is 0.914. The van der Waals surface area contributed by atoms with Crippen LogP contribution in [-0.4, -0.2) is 28.0 Å². The fourth-order valence-electron chi connectivity index (χ4n) is 11.1. The molecule has 0 bridgehead atoms. The van der Waals surface area contributed by atoms with Gasteiger partial charge in [0.05, 0.1) is 10.8 Å². The second kappa shape index (κ2) is 12.4. The highest BCUT2D eigenvalue weighted by Gasteiger charge is 2.60. The summed E-state index contributed by atoms with van der Waals surface area (Å²) in [5.74, 6) is 4.63. The molecule has 0 radical (unpaired) electrons. The Balaban J connectivity index is 1.21. The van der Waals surface area contributed by atoms with Gasteiger partial charge in [0, 0.05) is 17.4 Å². The quantitative estimate of drug-likeness (QED) is 0.149. The average Bonchev–Trinajstić information content (AvgIpc) is 3.32. The van der Waals surface area contributed by atoms with E-state index in [0.29, 0.717) is 11.3 Å². The molecule has 0 saturated heterocycles. The maximum Gasteiger partial charge on any atom is 0.313 e. The summed E-state index contributed by atoms with van der Waals surface area (Å²) in [5.41, 5.74) is 0.487. The first-order valence-corrected chi connectivity index (χ1v) is 17.4. The van der Waals surface area contributed by atoms with Gasteiger partial charge in [0.2, 0.25) is 11.7 Å². The number of carbonyl (C=O) groups excluding carboxylic acids is 1. The zero-order valence-electron chi connectivity index (χ0n) is 27.5. The van der Waals surface area contributed by atoms with Crippen LogP contribution in [0.25, 0.3) is 0 Å². The Bertz CT molecular complexity index is 1110. The van der Waals surface area contributed by atoms with Crippen LogP contribution >= 0.6 is 0 Å². The maximum absolute atomic E-state index is 13.1. The summed E-state index contributed by atoms with van der Waals surface area (Å²) < 4.78 is 5.97. The number of nitro groups is 2. The molecular weight excluding hydrogens is 544 g/mol. The number of hydrogen-bond donors (Lipinski definition) is 0. The molecule has 12 atom stereocenters. The fourth-order valence-corrected chi connectivity index (χ4v) is 11.1. The Morgan fingerprint density at radius 1 is 0.930 bits per heavy atom. The molecule has 5 rings (SSSR count). The van der Waals surface area contributed by atoms with Crippen LogP contribution in [0.2, 0.25) is 0 Å². The second-order valence-electron chi connectivity index (χ2n) is 16.4. The van der Waals surface area contributed by atoms with Gasteiger partial charge in [-0.25, -0.2) is 0 Å². The van der Waals surface area contributed by atoms with Gasteiger partial charge >= 0.3 is 5.97 Å². The van der Waals surface area contributed by atoms with Crippen molar-refractivity contribution in [2.24, 2.45) is 64.1 Å². The minimum Gasteiger partial charge on any atom is -0.462 e. The first-order valence-electron chi connectivity index (χ1n) is 17.4. The molecular formula is C35H56N2O6. The molecule has 0 aromatic rings. The molecule has 5 aliphatic rings. The van der Waals surface area contributed by atoms with E-state index in [1.165, 1.54) is 57.4 Å². The summed E-state index contributed by atoms with van der Waals surface area (Å²) in [4.78, 5) is 34.8. The lowest BCUT2D eigenvalue weighted by Gasteiger charge is -2.61. The van der Waals surface area contributed by atoms with Crippen LogP contribution in [0, 0.1) is 84.3 Å². The molecule has 4 fully saturated rings. The van der Waals surface area contributed by atoms with Crippen molar-refractivity contribution in [3.63, 3.8) is 0 Å². The summed E-state index contributed by atoms with van der Waals surface area (Å²) in [6, 6.07) is -1.12. The summed E-state index contributed by atoms with van der Waals surface area (Å²) >= 11 is 0. The highest BCUT2D eigenvalue weighted by molar-refractivity contribution is 5.75. The largest absolute Gasteiger partial charge is 0.462 e. The van der Waals surface area contributed by atoms with Gasteiger partial charge in [-0.2, -0.15) is 0 Å². The number of esters is 1. The molecule has 0 amide bonds. The van der Waals surface area contributed by atoms with Gasteiger partial charge in [0.1, 0.15) is 12.5 Å². The first kappa shape index (κ1) is 32.4. The zero-order valence-corrected chi connectivity index (χ0v) is 27.5. The van der Waals surface area contributed by atoms with E-state index in [9.17, 15) is 25.0 Å². The van der Waals surface area contributed by atoms with Gasteiger partial charge in [0.15, 0.2) is 0 Å². The highest BCUT2D eigenvalue weighted by atomic mass is 16.6. The van der Waals surface area contributed by atoms with Crippen LogP contribution in [0.4, 0.5) is 0 Å². The van der Waals surface area contributed by atoms with E-state index in [1.54, 1.807) is 0 Å². The van der Waals surface area contributed by atoms with Gasteiger partial charge in [-0.3, -0.25) is 25.0 Å². The van der Waals surface area contributed by atoms with E-state index in [2.05, 4.69) is 41.5 Å². The molecule has 4 saturated carbocycles. The van der Waals surface area contributed by atoms with Gasteiger partial charge in [-0.05, 0) is 116 Å². The predicted molar refractivity (Wildman–Crippen MR) is 166 cm³/mol. The normalized spacial score (nSPS) is 42.2. The SMILES string of the molecule is CC(C)[C@@H](C)CC[C@@H](C)[C@H]1CCC2C3CCC4CC(OC(=O)C5C=C([N+](=O)[O-])CC([N+](=O)[O-])C5)CC[C@]4(C)C3CC[C@@]21C. The van der Waals surface area contributed by atoms with Crippen molar-refractivity contribution < 1.29 is 19.4 Å². The standard InChI is InChI=1S/C35H56N2O6/c1-21(2)22(3)7-8-23(4)30-11-12-31-29-10-9-25-19-28(13-15-34(25,5)32(29)14-16-35(30,31)6)43-33(38)24-17-26(36(39)40)20-27(18-24)37(41)42/h17,21-25,27-32H,7-16,18-20H2,1-6H3/t22-,23+,24?,25?,27?,28?,29?,30+,31?,32?,34-,35+/m0/s1. The first-order chi connectivity index (χ1) is 20.2. The molecule has 7 unspecified atom stereocenters. The van der Waals surface area contributed by atoms with Crippen molar-refractivity contribution in [1.29, 1.82) is 0 Å². The Hall–Kier alpha value is -1.99. The Morgan fingerprint density at radius 3 is 2.30 bits per heavy atom. The molecule has 0 N–H and O–H groups in total. The van der Waals surface area contributed by atoms with E-state index in [4.69, 9.17) is 4.74 Å². The number of fused-ring (bicyclic) bond motifs is 5. The zero-order chi connectivity index (χ0) is 31.3. The summed E-state index contributed by atoms with van der Waals surface area (Å²) in [6.07, 6.45) is 14.1. The number of rotatable bonds is 9. The van der Waals surface area contributed by atoms with Gasteiger partial charge in [0.25, 0.3) is 0 Å². The van der Waals surface area contributed by atoms with Crippen molar-refractivity contribution in [3.8, 4) is 0 Å². The number of ether oxygens (including phenoxy) is 1. The van der Waals surface area contributed by atoms with Crippen LogP contribution < -0.4 is 0 Å². The van der Waals surface area contributed by atoms with Crippen LogP contribution in [0.5, 0.6) is 0 Å². The third kappa shape index (κ3) is 6.14. The van der Waals surface area contributed by atoms with E-state index in [1.807, 2.05) is 0 Å². The molecule has 5 aliphatic carbocycles. The highest BCUT2D eigenvalue weighted by Crippen LogP contribution is 2.68. The van der Waals surface area contributed by atoms with E-state index in [-0.39, 0.29) is 30.1 Å². The molecule has 8 heteroatoms. The van der Waals surface area contributed by atoms with E-state index in [0.717, 1.165) is 60.7 Å². The minimum absolute atomic E-state index is 0.0304. The van der Waals surface area contributed by atoms with Crippen LogP contribution in [0.3, 0.4) is 0 Å². The van der Waals surface area contributed by atoms with Crippen LogP contribution in [-0.2, 0) is 9.53 Å². The number of hydrogen-bond acceptors (Lipinski definition) is 6. The molecule has 0 aromatic heterocycles. The lowest BCUT2D eigenvalue weighted by atomic mass is 9.44. The summed E-state index contributed by atoms with van der Waals surface area (Å²) in [5, 5.41) is 22.8. The summed E-state index contributed by atoms with van der Waals surface area (Å²) in [7, 11) is 0. The number of nitrogens with zero attached hydrogens (tertiary/aromatic N) is 2. The van der Waals surface area contributed by atoms with Gasteiger partial charge in [-0.15, -0.1) is 0 Å². The monoisotopic (exact) mass is 600 g/mol. The molecule has 8 nitrogen and oxygen atoms in total. The predicted octanol–water partition coefficient (Wildman–Crippen LogP) is 8.48. The minimum atomic E-state index is -1.12. The molecule has 0 aliphatic heterocycles. The Labute approximate surface area is 258 Å². The molecule has 242 valence electrons. The lowest BCUT2D eigenvalue weighted by Crippen LogP contribution is -2.54. The Kier molecular flexibility index (Phi) is 9.36. The lowest BCUT2D eigenvalue weighted by molar-refractivity contribution is -0.533. The van der Waals surface area contributed by atoms with Gasteiger partial charge in [-0.1, -0.05) is 54.4 Å². The maximum atomic E-state index is 13.1. The molecule has 0 aromatic carbocycles. The van der Waals surface area contributed by atoms with Crippen LogP contribution in [0.15, 0.2) is 11.8 Å². The molecule has 0 heterocycles. The molecule has 43 heavy (non-hydrogen) atoms. The van der Waals surface area contributed by atoms with Crippen molar-refractivity contribution in [2.75, 3.05) is 0 Å². The van der Waals surface area contributed by atoms with Crippen molar-refractivity contribution in [3.05, 3.63) is 32.0 Å². The van der Waals surface area contributed by atoms with Gasteiger partial charge < -0.3 is 4.74 Å². The molecule has 0 spiro atoms. The van der Waals surface area contributed by atoms with Crippen molar-refractivity contribution in [1.82, 2.24) is 0 Å². The van der Waals surface area contributed by atoms with E-state index < -0.39 is 27.8 Å². The summed E-state index contributed by atoms with van der Waals surface area (Å²) in [6.45, 7) is 14.8. The van der Waals surface area contributed by atoms with Crippen LogP contribution in [0.1, 0.15) is 125 Å². The second-order valence-corrected chi connectivity index (χ2v) is 16.4. The average molecular weight is 601 g/mol. The van der Waals surface area contributed by atoms with Crippen molar-refractivity contribution >= 4 is 5.97 Å². The third-order valence-corrected chi connectivity index (χ3v) is 14.1. The topological polar surface area (TPSA) is 113 Å².